The molecule has 0 amide bonds. The third-order valence-electron chi connectivity index (χ3n) is 3.46. The molecule has 0 radical (unpaired) electrons. The van der Waals surface area contributed by atoms with Crippen molar-refractivity contribution in [3.63, 3.8) is 0 Å². The van der Waals surface area contributed by atoms with Crippen LogP contribution in [0, 0.1) is 12.7 Å². The molecule has 0 saturated heterocycles. The average Bonchev–Trinajstić information content (AvgIpc) is 2.77. The molecular formula is C15H15FN2. The van der Waals surface area contributed by atoms with Crippen molar-refractivity contribution >= 4 is 11.4 Å². The fourth-order valence-corrected chi connectivity index (χ4v) is 2.48. The topological polar surface area (TPSA) is 29.3 Å². The summed E-state index contributed by atoms with van der Waals surface area (Å²) in [5.74, 6) is -0.174. The van der Waals surface area contributed by atoms with E-state index < -0.39 is 0 Å². The van der Waals surface area contributed by atoms with Gasteiger partial charge >= 0.3 is 0 Å². The Bertz CT molecular complexity index is 607. The smallest absolute Gasteiger partial charge is 0.146 e. The van der Waals surface area contributed by atoms with Crippen LogP contribution < -0.4 is 10.6 Å². The summed E-state index contributed by atoms with van der Waals surface area (Å²) >= 11 is 0. The maximum Gasteiger partial charge on any atom is 0.146 e. The van der Waals surface area contributed by atoms with Gasteiger partial charge in [-0.3, -0.25) is 0 Å². The first-order chi connectivity index (χ1) is 8.65. The molecule has 1 aliphatic heterocycles. The summed E-state index contributed by atoms with van der Waals surface area (Å²) in [6.45, 7) is 3.38. The van der Waals surface area contributed by atoms with E-state index >= 15 is 0 Å². The monoisotopic (exact) mass is 242 g/mol. The summed E-state index contributed by atoms with van der Waals surface area (Å²) in [6.07, 6.45) is 0. The molecule has 0 aromatic heterocycles. The Labute approximate surface area is 106 Å². The molecule has 0 unspecified atom stereocenters. The van der Waals surface area contributed by atoms with Gasteiger partial charge in [-0.15, -0.1) is 0 Å². The Morgan fingerprint density at radius 2 is 2.00 bits per heavy atom. The van der Waals surface area contributed by atoms with E-state index in [0.717, 1.165) is 23.4 Å². The van der Waals surface area contributed by atoms with Crippen molar-refractivity contribution in [2.45, 2.75) is 20.0 Å². The highest BCUT2D eigenvalue weighted by atomic mass is 19.1. The molecule has 0 saturated carbocycles. The van der Waals surface area contributed by atoms with Gasteiger partial charge in [0.15, 0.2) is 0 Å². The number of nitrogens with zero attached hydrogens (tertiary/aromatic N) is 1. The van der Waals surface area contributed by atoms with E-state index in [4.69, 9.17) is 5.73 Å². The van der Waals surface area contributed by atoms with Crippen LogP contribution >= 0.6 is 0 Å². The first kappa shape index (κ1) is 11.1. The number of hydrogen-bond acceptors (Lipinski definition) is 2. The molecule has 0 atom stereocenters. The predicted molar refractivity (Wildman–Crippen MR) is 71.9 cm³/mol. The minimum atomic E-state index is -0.174. The van der Waals surface area contributed by atoms with Crippen LogP contribution in [0.4, 0.5) is 15.8 Å². The van der Waals surface area contributed by atoms with Gasteiger partial charge in [0.25, 0.3) is 0 Å². The molecule has 1 aliphatic rings. The molecule has 92 valence electrons. The number of fused-ring (bicyclic) bond motifs is 1. The number of benzene rings is 2. The Morgan fingerprint density at radius 1 is 1.17 bits per heavy atom. The molecule has 0 bridgehead atoms. The van der Waals surface area contributed by atoms with Gasteiger partial charge in [-0.25, -0.2) is 4.39 Å². The summed E-state index contributed by atoms with van der Waals surface area (Å²) in [5, 5.41) is 0. The molecule has 0 aliphatic carbocycles. The molecule has 2 aromatic rings. The molecule has 0 fully saturated rings. The van der Waals surface area contributed by atoms with Gasteiger partial charge in [0.2, 0.25) is 0 Å². The number of rotatable bonds is 1. The largest absolute Gasteiger partial charge is 0.398 e. The third kappa shape index (κ3) is 1.72. The van der Waals surface area contributed by atoms with E-state index in [9.17, 15) is 4.39 Å². The van der Waals surface area contributed by atoms with Gasteiger partial charge in [0.05, 0.1) is 5.69 Å². The van der Waals surface area contributed by atoms with Gasteiger partial charge in [0, 0.05) is 18.8 Å². The summed E-state index contributed by atoms with van der Waals surface area (Å²) in [6, 6.07) is 11.1. The number of anilines is 2. The number of nitrogens with two attached hydrogens (primary N) is 1. The number of hydrogen-bond donors (Lipinski definition) is 1. The van der Waals surface area contributed by atoms with E-state index in [2.05, 4.69) is 6.07 Å². The Hall–Kier alpha value is -2.03. The van der Waals surface area contributed by atoms with Gasteiger partial charge in [-0.05, 0) is 41.8 Å². The molecule has 3 heteroatoms. The number of nitrogen functional groups attached to an aromatic ring is 1. The van der Waals surface area contributed by atoms with Crippen molar-refractivity contribution in [1.82, 2.24) is 0 Å². The fourth-order valence-electron chi connectivity index (χ4n) is 2.48. The van der Waals surface area contributed by atoms with Crippen LogP contribution in [0.3, 0.4) is 0 Å². The van der Waals surface area contributed by atoms with Crippen LogP contribution in [0.25, 0.3) is 0 Å². The third-order valence-corrected chi connectivity index (χ3v) is 3.46. The van der Waals surface area contributed by atoms with Crippen LogP contribution in [0.2, 0.25) is 0 Å². The van der Waals surface area contributed by atoms with Crippen LogP contribution in [0.15, 0.2) is 36.4 Å². The maximum atomic E-state index is 13.9. The zero-order valence-corrected chi connectivity index (χ0v) is 10.3. The van der Waals surface area contributed by atoms with Crippen molar-refractivity contribution in [1.29, 1.82) is 0 Å². The lowest BCUT2D eigenvalue weighted by molar-refractivity contribution is 0.619. The first-order valence-electron chi connectivity index (χ1n) is 6.02. The zero-order chi connectivity index (χ0) is 12.7. The molecular weight excluding hydrogens is 227 g/mol. The van der Waals surface area contributed by atoms with Crippen molar-refractivity contribution < 1.29 is 4.39 Å². The summed E-state index contributed by atoms with van der Waals surface area (Å²) in [7, 11) is 0. The lowest BCUT2D eigenvalue weighted by atomic mass is 10.1. The van der Waals surface area contributed by atoms with Crippen LogP contribution in [0.5, 0.6) is 0 Å². The van der Waals surface area contributed by atoms with Crippen molar-refractivity contribution in [2.24, 2.45) is 0 Å². The van der Waals surface area contributed by atoms with Gasteiger partial charge in [-0.1, -0.05) is 18.2 Å². The molecule has 3 rings (SSSR count). The standard InChI is InChI=1S/C15H15FN2/c1-10-5-6-13(16)15(7-10)18-8-11-3-2-4-14(17)12(11)9-18/h2-7H,8-9,17H2,1H3. The Balaban J connectivity index is 1.99. The lowest BCUT2D eigenvalue weighted by Crippen LogP contribution is -2.16. The van der Waals surface area contributed by atoms with E-state index in [1.807, 2.05) is 30.0 Å². The van der Waals surface area contributed by atoms with Gasteiger partial charge in [0.1, 0.15) is 5.82 Å². The number of aryl methyl sites for hydroxylation is 1. The highest BCUT2D eigenvalue weighted by Gasteiger charge is 2.22. The molecule has 0 spiro atoms. The second-order valence-electron chi connectivity index (χ2n) is 4.80. The van der Waals surface area contributed by atoms with Gasteiger partial charge in [-0.2, -0.15) is 0 Å². The van der Waals surface area contributed by atoms with Crippen LogP contribution in [-0.4, -0.2) is 0 Å². The Kier molecular flexibility index (Phi) is 2.47. The van der Waals surface area contributed by atoms with E-state index in [1.54, 1.807) is 6.07 Å². The molecule has 2 nitrogen and oxygen atoms in total. The van der Waals surface area contributed by atoms with E-state index in [0.29, 0.717) is 12.2 Å². The first-order valence-corrected chi connectivity index (χ1v) is 6.02. The van der Waals surface area contributed by atoms with Crippen molar-refractivity contribution in [3.05, 3.63) is 58.9 Å². The molecule has 1 heterocycles. The summed E-state index contributed by atoms with van der Waals surface area (Å²) < 4.78 is 13.9. The average molecular weight is 242 g/mol. The molecule has 18 heavy (non-hydrogen) atoms. The quantitative estimate of drug-likeness (QED) is 0.778. The second-order valence-corrected chi connectivity index (χ2v) is 4.80. The molecule has 2 N–H and O–H groups in total. The highest BCUT2D eigenvalue weighted by Crippen LogP contribution is 2.33. The Morgan fingerprint density at radius 3 is 2.78 bits per heavy atom. The normalized spacial score (nSPS) is 13.8. The maximum absolute atomic E-state index is 13.9. The van der Waals surface area contributed by atoms with Crippen LogP contribution in [-0.2, 0) is 13.1 Å². The minimum absolute atomic E-state index is 0.174. The van der Waals surface area contributed by atoms with Crippen molar-refractivity contribution in [2.75, 3.05) is 10.6 Å². The highest BCUT2D eigenvalue weighted by molar-refractivity contribution is 5.60. The SMILES string of the molecule is Cc1ccc(F)c(N2Cc3cccc(N)c3C2)c1. The fraction of sp³-hybridized carbons (Fsp3) is 0.200. The second kappa shape index (κ2) is 4.02. The number of halogens is 1. The van der Waals surface area contributed by atoms with Crippen molar-refractivity contribution in [3.8, 4) is 0 Å². The lowest BCUT2D eigenvalue weighted by Gasteiger charge is -2.19. The minimum Gasteiger partial charge on any atom is -0.398 e. The van der Waals surface area contributed by atoms with E-state index in [-0.39, 0.29) is 5.82 Å². The van der Waals surface area contributed by atoms with Crippen LogP contribution in [0.1, 0.15) is 16.7 Å². The molecule has 2 aromatic carbocycles. The van der Waals surface area contributed by atoms with Gasteiger partial charge < -0.3 is 10.6 Å². The predicted octanol–water partition coefficient (Wildman–Crippen LogP) is 3.24. The zero-order valence-electron chi connectivity index (χ0n) is 10.3. The summed E-state index contributed by atoms with van der Waals surface area (Å²) in [5.41, 5.74) is 10.8. The van der Waals surface area contributed by atoms with E-state index in [1.165, 1.54) is 11.6 Å². The summed E-state index contributed by atoms with van der Waals surface area (Å²) in [4.78, 5) is 2.03.